The molecule has 1 aliphatic rings. The molecule has 0 aliphatic carbocycles. The van der Waals surface area contributed by atoms with E-state index in [4.69, 9.17) is 4.42 Å². The molecule has 21 heavy (non-hydrogen) atoms. The Hall–Kier alpha value is -0.800. The molecule has 2 heterocycles. The molecule has 0 bridgehead atoms. The van der Waals surface area contributed by atoms with Crippen molar-refractivity contribution >= 4 is 0 Å². The van der Waals surface area contributed by atoms with Gasteiger partial charge in [-0.25, -0.2) is 0 Å². The summed E-state index contributed by atoms with van der Waals surface area (Å²) < 4.78 is 5.97. The highest BCUT2D eigenvalue weighted by Gasteiger charge is 2.17. The first-order valence-corrected chi connectivity index (χ1v) is 8.51. The molecule has 2 rings (SSSR count). The molecule has 3 heteroatoms. The molecule has 1 fully saturated rings. The van der Waals surface area contributed by atoms with Crippen LogP contribution in [0.15, 0.2) is 16.5 Å². The Morgan fingerprint density at radius 1 is 1.19 bits per heavy atom. The van der Waals surface area contributed by atoms with Crippen LogP contribution in [0.1, 0.15) is 64.9 Å². The second-order valence-corrected chi connectivity index (χ2v) is 7.45. The second kappa shape index (κ2) is 7.46. The van der Waals surface area contributed by atoms with Crippen LogP contribution in [0.4, 0.5) is 0 Å². The monoisotopic (exact) mass is 292 g/mol. The summed E-state index contributed by atoms with van der Waals surface area (Å²) >= 11 is 0. The van der Waals surface area contributed by atoms with Gasteiger partial charge in [-0.1, -0.05) is 13.3 Å². The molecular weight excluding hydrogens is 260 g/mol. The molecule has 0 aromatic carbocycles. The summed E-state index contributed by atoms with van der Waals surface area (Å²) in [4.78, 5) is 2.55. The fourth-order valence-electron chi connectivity index (χ4n) is 2.97. The number of rotatable bonds is 5. The molecule has 1 aromatic rings. The van der Waals surface area contributed by atoms with E-state index in [2.05, 4.69) is 50.0 Å². The van der Waals surface area contributed by atoms with Gasteiger partial charge in [0, 0.05) is 5.54 Å². The Labute approximate surface area is 130 Å². The van der Waals surface area contributed by atoms with Crippen molar-refractivity contribution in [2.45, 2.75) is 72.0 Å². The number of nitrogens with zero attached hydrogens (tertiary/aromatic N) is 1. The van der Waals surface area contributed by atoms with Crippen molar-refractivity contribution in [2.24, 2.45) is 5.92 Å². The lowest BCUT2D eigenvalue weighted by molar-refractivity contribution is 0.245. The van der Waals surface area contributed by atoms with Crippen LogP contribution in [0.25, 0.3) is 0 Å². The largest absolute Gasteiger partial charge is 0.463 e. The minimum Gasteiger partial charge on any atom is -0.463 e. The molecular formula is C18H32N2O. The Morgan fingerprint density at radius 2 is 1.95 bits per heavy atom. The molecule has 120 valence electrons. The molecule has 1 unspecified atom stereocenters. The van der Waals surface area contributed by atoms with E-state index in [0.717, 1.165) is 30.5 Å². The SMILES string of the molecule is CCC1CCCN(Cc2ccc(CNC(C)(C)C)o2)CC1. The Kier molecular flexibility index (Phi) is 5.88. The standard InChI is InChI=1S/C18H32N2O/c1-5-15-7-6-11-20(12-10-15)14-17-9-8-16(21-17)13-19-18(2,3)4/h8-9,15,19H,5-7,10-14H2,1-4H3. The van der Waals surface area contributed by atoms with E-state index in [9.17, 15) is 0 Å². The normalized spacial score (nSPS) is 21.4. The lowest BCUT2D eigenvalue weighted by atomic mass is 9.98. The van der Waals surface area contributed by atoms with E-state index in [1.165, 1.54) is 38.8 Å². The maximum absolute atomic E-state index is 5.97. The van der Waals surface area contributed by atoms with Crippen LogP contribution in [0.3, 0.4) is 0 Å². The van der Waals surface area contributed by atoms with E-state index >= 15 is 0 Å². The van der Waals surface area contributed by atoms with Gasteiger partial charge in [0.05, 0.1) is 13.1 Å². The van der Waals surface area contributed by atoms with Gasteiger partial charge in [-0.05, 0) is 71.2 Å². The highest BCUT2D eigenvalue weighted by atomic mass is 16.3. The van der Waals surface area contributed by atoms with E-state index < -0.39 is 0 Å². The third-order valence-corrected chi connectivity index (χ3v) is 4.41. The molecule has 0 spiro atoms. The molecule has 1 N–H and O–H groups in total. The van der Waals surface area contributed by atoms with E-state index in [1.54, 1.807) is 0 Å². The smallest absolute Gasteiger partial charge is 0.118 e. The average Bonchev–Trinajstić information content (AvgIpc) is 2.74. The predicted octanol–water partition coefficient (Wildman–Crippen LogP) is 4.18. The third-order valence-electron chi connectivity index (χ3n) is 4.41. The molecule has 0 radical (unpaired) electrons. The average molecular weight is 292 g/mol. The second-order valence-electron chi connectivity index (χ2n) is 7.45. The quantitative estimate of drug-likeness (QED) is 0.882. The number of nitrogens with one attached hydrogen (secondary N) is 1. The first-order valence-electron chi connectivity index (χ1n) is 8.51. The van der Waals surface area contributed by atoms with Crippen LogP contribution < -0.4 is 5.32 Å². The lowest BCUT2D eigenvalue weighted by Crippen LogP contribution is -2.34. The number of furan rings is 1. The number of likely N-dealkylation sites (tertiary alicyclic amines) is 1. The molecule has 3 nitrogen and oxygen atoms in total. The van der Waals surface area contributed by atoms with Crippen molar-refractivity contribution in [1.82, 2.24) is 10.2 Å². The molecule has 1 atom stereocenters. The van der Waals surface area contributed by atoms with Crippen molar-refractivity contribution in [1.29, 1.82) is 0 Å². The minimum absolute atomic E-state index is 0.132. The molecule has 0 amide bonds. The van der Waals surface area contributed by atoms with Gasteiger partial charge in [0.2, 0.25) is 0 Å². The van der Waals surface area contributed by atoms with Crippen LogP contribution in [0.5, 0.6) is 0 Å². The van der Waals surface area contributed by atoms with Gasteiger partial charge in [0.25, 0.3) is 0 Å². The summed E-state index contributed by atoms with van der Waals surface area (Å²) in [6.07, 6.45) is 5.40. The number of hydrogen-bond acceptors (Lipinski definition) is 3. The van der Waals surface area contributed by atoms with Crippen LogP contribution in [0.2, 0.25) is 0 Å². The number of hydrogen-bond donors (Lipinski definition) is 1. The van der Waals surface area contributed by atoms with Gasteiger partial charge in [-0.3, -0.25) is 4.90 Å². The van der Waals surface area contributed by atoms with Crippen LogP contribution >= 0.6 is 0 Å². The zero-order chi connectivity index (χ0) is 15.3. The molecule has 1 saturated heterocycles. The van der Waals surface area contributed by atoms with Gasteiger partial charge in [-0.2, -0.15) is 0 Å². The van der Waals surface area contributed by atoms with Gasteiger partial charge < -0.3 is 9.73 Å². The zero-order valence-electron chi connectivity index (χ0n) is 14.2. The molecule has 0 saturated carbocycles. The summed E-state index contributed by atoms with van der Waals surface area (Å²) in [6.45, 7) is 13.1. The molecule has 1 aromatic heterocycles. The summed E-state index contributed by atoms with van der Waals surface area (Å²) in [5.74, 6) is 3.08. The van der Waals surface area contributed by atoms with Crippen molar-refractivity contribution in [3.63, 3.8) is 0 Å². The third kappa shape index (κ3) is 5.84. The van der Waals surface area contributed by atoms with Crippen LogP contribution in [-0.2, 0) is 13.1 Å². The highest BCUT2D eigenvalue weighted by Crippen LogP contribution is 2.22. The maximum atomic E-state index is 5.97. The maximum Gasteiger partial charge on any atom is 0.118 e. The first-order chi connectivity index (χ1) is 9.96. The summed E-state index contributed by atoms with van der Waals surface area (Å²) in [5, 5.41) is 3.47. The van der Waals surface area contributed by atoms with Gasteiger partial charge in [0.1, 0.15) is 11.5 Å². The van der Waals surface area contributed by atoms with E-state index in [1.807, 2.05) is 0 Å². The predicted molar refractivity (Wildman–Crippen MR) is 88.2 cm³/mol. The van der Waals surface area contributed by atoms with Gasteiger partial charge in [0.15, 0.2) is 0 Å². The molecule has 1 aliphatic heterocycles. The van der Waals surface area contributed by atoms with Crippen molar-refractivity contribution in [3.05, 3.63) is 23.7 Å². The fourth-order valence-corrected chi connectivity index (χ4v) is 2.97. The van der Waals surface area contributed by atoms with Crippen molar-refractivity contribution in [3.8, 4) is 0 Å². The van der Waals surface area contributed by atoms with Crippen molar-refractivity contribution < 1.29 is 4.42 Å². The van der Waals surface area contributed by atoms with E-state index in [-0.39, 0.29) is 5.54 Å². The summed E-state index contributed by atoms with van der Waals surface area (Å²) in [7, 11) is 0. The lowest BCUT2D eigenvalue weighted by Gasteiger charge is -2.20. The highest BCUT2D eigenvalue weighted by molar-refractivity contribution is 5.07. The van der Waals surface area contributed by atoms with Crippen LogP contribution in [0, 0.1) is 5.92 Å². The summed E-state index contributed by atoms with van der Waals surface area (Å²) in [5.41, 5.74) is 0.132. The first kappa shape index (κ1) is 16.6. The van der Waals surface area contributed by atoms with Crippen LogP contribution in [-0.4, -0.2) is 23.5 Å². The Bertz CT molecular complexity index is 419. The Balaban J connectivity index is 1.82. The fraction of sp³-hybridized carbons (Fsp3) is 0.778. The summed E-state index contributed by atoms with van der Waals surface area (Å²) in [6, 6.07) is 4.25. The van der Waals surface area contributed by atoms with Gasteiger partial charge >= 0.3 is 0 Å². The van der Waals surface area contributed by atoms with E-state index in [0.29, 0.717) is 0 Å². The van der Waals surface area contributed by atoms with Gasteiger partial charge in [-0.15, -0.1) is 0 Å². The van der Waals surface area contributed by atoms with Crippen molar-refractivity contribution in [2.75, 3.05) is 13.1 Å². The zero-order valence-corrected chi connectivity index (χ0v) is 14.2. The topological polar surface area (TPSA) is 28.4 Å². The Morgan fingerprint density at radius 3 is 2.67 bits per heavy atom. The minimum atomic E-state index is 0.132.